The van der Waals surface area contributed by atoms with Gasteiger partial charge in [-0.3, -0.25) is 0 Å². The molecule has 0 aromatic carbocycles. The number of rotatable bonds is 2. The van der Waals surface area contributed by atoms with Crippen molar-refractivity contribution >= 4 is 34.8 Å². The summed E-state index contributed by atoms with van der Waals surface area (Å²) in [5, 5.41) is 0.381. The van der Waals surface area contributed by atoms with Crippen molar-refractivity contribution in [1.82, 2.24) is 9.97 Å². The number of alkyl halides is 2. The van der Waals surface area contributed by atoms with Gasteiger partial charge in [0, 0.05) is 0 Å². The van der Waals surface area contributed by atoms with Gasteiger partial charge in [0.2, 0.25) is 0 Å². The molecule has 0 bridgehead atoms. The van der Waals surface area contributed by atoms with E-state index in [4.69, 9.17) is 34.8 Å². The summed E-state index contributed by atoms with van der Waals surface area (Å²) in [5.74, 6) is 1.09. The molecule has 0 atom stereocenters. The van der Waals surface area contributed by atoms with E-state index in [0.29, 0.717) is 22.6 Å². The Balaban J connectivity index is 3.02. The van der Waals surface area contributed by atoms with Gasteiger partial charge in [0.15, 0.2) is 0 Å². The van der Waals surface area contributed by atoms with Crippen molar-refractivity contribution in [1.29, 1.82) is 0 Å². The lowest BCUT2D eigenvalue weighted by atomic mass is 10.4. The van der Waals surface area contributed by atoms with Crippen molar-refractivity contribution in [2.75, 3.05) is 0 Å². The average Bonchev–Trinajstić information content (AvgIpc) is 2.03. The fourth-order valence-corrected chi connectivity index (χ4v) is 1.12. The van der Waals surface area contributed by atoms with E-state index < -0.39 is 0 Å². The molecule has 0 spiro atoms. The number of nitrogens with zero attached hydrogens (tertiary/aromatic N) is 2. The highest BCUT2D eigenvalue weighted by atomic mass is 35.5. The molecule has 2 nitrogen and oxygen atoms in total. The minimum absolute atomic E-state index is 0.254. The van der Waals surface area contributed by atoms with Gasteiger partial charge in [-0.15, -0.1) is 23.2 Å². The van der Waals surface area contributed by atoms with Gasteiger partial charge in [-0.2, -0.15) is 0 Å². The number of hydrogen-bond acceptors (Lipinski definition) is 2. The maximum Gasteiger partial charge on any atom is 0.145 e. The number of aromatic nitrogens is 2. The maximum atomic E-state index is 5.64. The summed E-state index contributed by atoms with van der Waals surface area (Å²) >= 11 is 16.7. The van der Waals surface area contributed by atoms with Crippen LogP contribution in [-0.2, 0) is 11.8 Å². The van der Waals surface area contributed by atoms with Crippen molar-refractivity contribution in [3.8, 4) is 0 Å². The smallest absolute Gasteiger partial charge is 0.145 e. The summed E-state index contributed by atoms with van der Waals surface area (Å²) in [5.41, 5.74) is 0.697. The number of halogens is 3. The van der Waals surface area contributed by atoms with Gasteiger partial charge < -0.3 is 0 Å². The summed E-state index contributed by atoms with van der Waals surface area (Å²) in [6.07, 6.45) is 0. The Morgan fingerprint density at radius 2 is 1.91 bits per heavy atom. The van der Waals surface area contributed by atoms with Crippen LogP contribution in [0.4, 0.5) is 0 Å². The molecule has 0 N–H and O–H groups in total. The SMILES string of the molecule is ClCc1cc(Cl)nc(CCl)n1. The van der Waals surface area contributed by atoms with Crippen molar-refractivity contribution in [2.24, 2.45) is 0 Å². The van der Waals surface area contributed by atoms with Crippen LogP contribution in [0.1, 0.15) is 11.5 Å². The van der Waals surface area contributed by atoms with Crippen LogP contribution in [-0.4, -0.2) is 9.97 Å². The molecule has 0 saturated heterocycles. The molecular weight excluding hydrogens is 206 g/mol. The highest BCUT2D eigenvalue weighted by molar-refractivity contribution is 6.29. The zero-order valence-electron chi connectivity index (χ0n) is 5.52. The molecule has 0 saturated carbocycles. The van der Waals surface area contributed by atoms with Gasteiger partial charge in [-0.1, -0.05) is 11.6 Å². The van der Waals surface area contributed by atoms with Gasteiger partial charge in [0.25, 0.3) is 0 Å². The van der Waals surface area contributed by atoms with Crippen LogP contribution in [0.3, 0.4) is 0 Å². The van der Waals surface area contributed by atoms with Crippen LogP contribution < -0.4 is 0 Å². The fraction of sp³-hybridized carbons (Fsp3) is 0.333. The zero-order chi connectivity index (χ0) is 8.27. The third-order valence-corrected chi connectivity index (χ3v) is 1.76. The molecule has 0 amide bonds. The first kappa shape index (κ1) is 9.04. The minimum Gasteiger partial charge on any atom is -0.235 e. The van der Waals surface area contributed by atoms with E-state index in [1.54, 1.807) is 6.07 Å². The van der Waals surface area contributed by atoms with Gasteiger partial charge in [-0.05, 0) is 6.07 Å². The van der Waals surface area contributed by atoms with Crippen LogP contribution in [0, 0.1) is 0 Å². The minimum atomic E-state index is 0.254. The molecule has 1 heterocycles. The Morgan fingerprint density at radius 3 is 2.45 bits per heavy atom. The summed E-state index contributed by atoms with van der Waals surface area (Å²) in [7, 11) is 0. The third-order valence-electron chi connectivity index (χ3n) is 1.05. The van der Waals surface area contributed by atoms with E-state index in [2.05, 4.69) is 9.97 Å². The summed E-state index contributed by atoms with van der Waals surface area (Å²) < 4.78 is 0. The summed E-state index contributed by atoms with van der Waals surface area (Å²) in [6.45, 7) is 0. The van der Waals surface area contributed by atoms with Gasteiger partial charge in [-0.25, -0.2) is 9.97 Å². The molecule has 0 unspecified atom stereocenters. The molecule has 5 heteroatoms. The van der Waals surface area contributed by atoms with E-state index in [-0.39, 0.29) is 5.88 Å². The molecular formula is C6H5Cl3N2. The van der Waals surface area contributed by atoms with E-state index in [1.807, 2.05) is 0 Å². The maximum absolute atomic E-state index is 5.64. The molecule has 1 aromatic rings. The molecule has 1 aromatic heterocycles. The Bertz CT molecular complexity index is 229. The molecule has 0 aliphatic heterocycles. The van der Waals surface area contributed by atoms with E-state index in [9.17, 15) is 0 Å². The van der Waals surface area contributed by atoms with Crippen molar-refractivity contribution in [2.45, 2.75) is 11.8 Å². The second-order valence-corrected chi connectivity index (χ2v) is 2.79. The Morgan fingerprint density at radius 1 is 1.18 bits per heavy atom. The molecule has 0 aliphatic carbocycles. The molecule has 0 radical (unpaired) electrons. The molecule has 0 fully saturated rings. The van der Waals surface area contributed by atoms with E-state index >= 15 is 0 Å². The Kier molecular flexibility index (Phi) is 3.37. The van der Waals surface area contributed by atoms with Crippen LogP contribution in [0.5, 0.6) is 0 Å². The first-order chi connectivity index (χ1) is 5.26. The topological polar surface area (TPSA) is 25.8 Å². The second-order valence-electron chi connectivity index (χ2n) is 1.87. The third kappa shape index (κ3) is 2.47. The Labute approximate surface area is 79.5 Å². The number of hydrogen-bond donors (Lipinski definition) is 0. The predicted molar refractivity (Wildman–Crippen MR) is 46.2 cm³/mol. The van der Waals surface area contributed by atoms with Gasteiger partial charge in [0.05, 0.1) is 17.5 Å². The van der Waals surface area contributed by atoms with Gasteiger partial charge in [0.1, 0.15) is 11.0 Å². The van der Waals surface area contributed by atoms with Crippen LogP contribution in [0.15, 0.2) is 6.07 Å². The van der Waals surface area contributed by atoms with E-state index in [1.165, 1.54) is 0 Å². The first-order valence-electron chi connectivity index (χ1n) is 2.90. The predicted octanol–water partition coefficient (Wildman–Crippen LogP) is 2.61. The molecule has 1 rings (SSSR count). The molecule has 0 aliphatic rings. The normalized spacial score (nSPS) is 10.1. The lowest BCUT2D eigenvalue weighted by Gasteiger charge is -1.98. The summed E-state index contributed by atoms with van der Waals surface area (Å²) in [6, 6.07) is 1.62. The van der Waals surface area contributed by atoms with E-state index in [0.717, 1.165) is 0 Å². The molecule has 11 heavy (non-hydrogen) atoms. The van der Waals surface area contributed by atoms with Crippen molar-refractivity contribution in [3.63, 3.8) is 0 Å². The average molecular weight is 211 g/mol. The monoisotopic (exact) mass is 210 g/mol. The van der Waals surface area contributed by atoms with Crippen LogP contribution >= 0.6 is 34.8 Å². The highest BCUT2D eigenvalue weighted by Crippen LogP contribution is 2.10. The van der Waals surface area contributed by atoms with Crippen molar-refractivity contribution in [3.05, 3.63) is 22.7 Å². The highest BCUT2D eigenvalue weighted by Gasteiger charge is 2.00. The van der Waals surface area contributed by atoms with Crippen molar-refractivity contribution < 1.29 is 0 Å². The summed E-state index contributed by atoms with van der Waals surface area (Å²) in [4.78, 5) is 7.88. The van der Waals surface area contributed by atoms with Gasteiger partial charge >= 0.3 is 0 Å². The lowest BCUT2D eigenvalue weighted by molar-refractivity contribution is 0.983. The first-order valence-corrected chi connectivity index (χ1v) is 4.35. The quantitative estimate of drug-likeness (QED) is 0.555. The zero-order valence-corrected chi connectivity index (χ0v) is 7.79. The second kappa shape index (κ2) is 4.10. The largest absolute Gasteiger partial charge is 0.235 e. The Hall–Kier alpha value is -0.0500. The lowest BCUT2D eigenvalue weighted by Crippen LogP contribution is -1.95. The molecule has 60 valence electrons. The van der Waals surface area contributed by atoms with Crippen LogP contribution in [0.2, 0.25) is 5.15 Å². The fourth-order valence-electron chi connectivity index (χ4n) is 0.644. The standard InChI is InChI=1S/C6H5Cl3N2/c7-2-4-1-5(9)11-6(3-8)10-4/h1H,2-3H2. The van der Waals surface area contributed by atoms with Crippen LogP contribution in [0.25, 0.3) is 0 Å².